The third-order valence-corrected chi connectivity index (χ3v) is 4.47. The zero-order chi connectivity index (χ0) is 20.9. The van der Waals surface area contributed by atoms with Crippen molar-refractivity contribution in [3.8, 4) is 5.82 Å². The van der Waals surface area contributed by atoms with Gasteiger partial charge in [0.25, 0.3) is 5.91 Å². The van der Waals surface area contributed by atoms with Crippen LogP contribution in [0, 0.1) is 5.82 Å². The molecule has 0 aliphatic heterocycles. The summed E-state index contributed by atoms with van der Waals surface area (Å²) in [4.78, 5) is 33.9. The predicted molar refractivity (Wildman–Crippen MR) is 107 cm³/mol. The normalized spacial score (nSPS) is 10.6. The first-order valence-electron chi connectivity index (χ1n) is 9.10. The highest BCUT2D eigenvalue weighted by Crippen LogP contribution is 2.16. The molecule has 0 atom stereocenters. The molecule has 0 saturated heterocycles. The molecule has 8 heteroatoms. The van der Waals surface area contributed by atoms with Gasteiger partial charge in [-0.05, 0) is 36.4 Å². The van der Waals surface area contributed by atoms with Crippen molar-refractivity contribution in [1.29, 1.82) is 0 Å². The monoisotopic (exact) mass is 401 g/mol. The maximum absolute atomic E-state index is 13.2. The van der Waals surface area contributed by atoms with Crippen LogP contribution < -0.4 is 5.32 Å². The fourth-order valence-corrected chi connectivity index (χ4v) is 3.00. The number of pyridine rings is 1. The van der Waals surface area contributed by atoms with Gasteiger partial charge in [-0.1, -0.05) is 24.3 Å². The number of amides is 1. The molecule has 0 spiro atoms. The summed E-state index contributed by atoms with van der Waals surface area (Å²) in [5, 5.41) is 6.89. The Balaban J connectivity index is 1.56. The van der Waals surface area contributed by atoms with Crippen LogP contribution >= 0.6 is 0 Å². The Bertz CT molecular complexity index is 1190. The van der Waals surface area contributed by atoms with Crippen LogP contribution in [-0.4, -0.2) is 31.4 Å². The predicted octanol–water partition coefficient (Wildman–Crippen LogP) is 2.96. The number of rotatable bonds is 6. The molecule has 1 amide bonds. The van der Waals surface area contributed by atoms with Crippen molar-refractivity contribution in [3.63, 3.8) is 0 Å². The van der Waals surface area contributed by atoms with Gasteiger partial charge in [0.2, 0.25) is 0 Å². The molecule has 0 radical (unpaired) electrons. The molecule has 2 aromatic carbocycles. The van der Waals surface area contributed by atoms with Crippen LogP contribution in [0.5, 0.6) is 0 Å². The van der Waals surface area contributed by atoms with Crippen molar-refractivity contribution in [2.24, 2.45) is 0 Å². The summed E-state index contributed by atoms with van der Waals surface area (Å²) in [5.74, 6) is -0.650. The van der Waals surface area contributed by atoms with E-state index >= 15 is 0 Å². The van der Waals surface area contributed by atoms with E-state index in [1.807, 2.05) is 6.07 Å². The smallest absolute Gasteiger partial charge is 0.252 e. The summed E-state index contributed by atoms with van der Waals surface area (Å²) in [6.45, 7) is 0.181. The Hall–Kier alpha value is -4.20. The molecule has 4 aromatic rings. The van der Waals surface area contributed by atoms with Gasteiger partial charge in [0, 0.05) is 29.4 Å². The largest absolute Gasteiger partial charge is 0.348 e. The minimum atomic E-state index is -0.433. The third-order valence-electron chi connectivity index (χ3n) is 4.47. The van der Waals surface area contributed by atoms with Gasteiger partial charge < -0.3 is 5.32 Å². The van der Waals surface area contributed by atoms with E-state index in [1.54, 1.807) is 36.5 Å². The van der Waals surface area contributed by atoms with Crippen molar-refractivity contribution < 1.29 is 14.0 Å². The van der Waals surface area contributed by atoms with E-state index in [1.165, 1.54) is 41.6 Å². The summed E-state index contributed by atoms with van der Waals surface area (Å²) >= 11 is 0. The summed E-state index contributed by atoms with van der Waals surface area (Å²) in [6, 6.07) is 15.3. The van der Waals surface area contributed by atoms with E-state index in [-0.39, 0.29) is 23.5 Å². The third kappa shape index (κ3) is 3.97. The second-order valence-corrected chi connectivity index (χ2v) is 6.39. The highest BCUT2D eigenvalue weighted by molar-refractivity contribution is 6.15. The lowest BCUT2D eigenvalue weighted by Gasteiger charge is -2.11. The van der Waals surface area contributed by atoms with Crippen molar-refractivity contribution in [1.82, 2.24) is 25.1 Å². The molecular formula is C22H16FN5O2. The minimum Gasteiger partial charge on any atom is -0.348 e. The lowest BCUT2D eigenvalue weighted by atomic mass is 9.98. The molecule has 0 saturated carbocycles. The second kappa shape index (κ2) is 8.44. The molecule has 2 aromatic heterocycles. The highest BCUT2D eigenvalue weighted by atomic mass is 19.1. The molecule has 0 bridgehead atoms. The zero-order valence-corrected chi connectivity index (χ0v) is 15.7. The fourth-order valence-electron chi connectivity index (χ4n) is 3.00. The number of hydrogen-bond donors (Lipinski definition) is 1. The Labute approximate surface area is 171 Å². The summed E-state index contributed by atoms with van der Waals surface area (Å²) in [5.41, 5.74) is 1.51. The quantitative estimate of drug-likeness (QED) is 0.502. The lowest BCUT2D eigenvalue weighted by Crippen LogP contribution is -2.26. The van der Waals surface area contributed by atoms with Crippen LogP contribution in [0.25, 0.3) is 5.82 Å². The molecule has 0 fully saturated rings. The van der Waals surface area contributed by atoms with Crippen LogP contribution in [0.1, 0.15) is 31.8 Å². The fraction of sp³-hybridized carbons (Fsp3) is 0.0455. The number of aromatic nitrogens is 4. The van der Waals surface area contributed by atoms with Gasteiger partial charge in [0.1, 0.15) is 18.5 Å². The van der Waals surface area contributed by atoms with Crippen LogP contribution in [-0.2, 0) is 6.54 Å². The number of nitrogens with one attached hydrogen (secondary N) is 1. The lowest BCUT2D eigenvalue weighted by molar-refractivity contribution is 0.0939. The van der Waals surface area contributed by atoms with Crippen LogP contribution in [0.2, 0.25) is 0 Å². The molecule has 30 heavy (non-hydrogen) atoms. The van der Waals surface area contributed by atoms with Crippen LogP contribution in [0.15, 0.2) is 79.5 Å². The second-order valence-electron chi connectivity index (χ2n) is 6.39. The van der Waals surface area contributed by atoms with Gasteiger partial charge in [-0.3, -0.25) is 9.59 Å². The topological polar surface area (TPSA) is 89.8 Å². The molecule has 0 aliphatic rings. The Morgan fingerprint density at radius 1 is 0.967 bits per heavy atom. The number of hydrogen-bond acceptors (Lipinski definition) is 5. The molecule has 0 aliphatic carbocycles. The molecule has 148 valence electrons. The molecule has 1 N–H and O–H groups in total. The van der Waals surface area contributed by atoms with Gasteiger partial charge in [0.15, 0.2) is 11.6 Å². The Morgan fingerprint density at radius 2 is 1.73 bits per heavy atom. The number of benzene rings is 2. The van der Waals surface area contributed by atoms with Gasteiger partial charge in [-0.2, -0.15) is 5.10 Å². The average molecular weight is 401 g/mol. The number of carbonyl (C=O) groups excluding carboxylic acids is 2. The molecule has 2 heterocycles. The van der Waals surface area contributed by atoms with Crippen molar-refractivity contribution in [2.45, 2.75) is 6.54 Å². The van der Waals surface area contributed by atoms with E-state index in [0.717, 1.165) is 5.56 Å². The molecule has 4 rings (SSSR count). The van der Waals surface area contributed by atoms with Crippen molar-refractivity contribution >= 4 is 11.7 Å². The van der Waals surface area contributed by atoms with Gasteiger partial charge in [-0.15, -0.1) is 0 Å². The minimum absolute atomic E-state index is 0.181. The number of halogens is 1. The first kappa shape index (κ1) is 19.1. The van der Waals surface area contributed by atoms with E-state index < -0.39 is 11.7 Å². The van der Waals surface area contributed by atoms with E-state index in [9.17, 15) is 14.0 Å². The first-order valence-corrected chi connectivity index (χ1v) is 9.10. The maximum Gasteiger partial charge on any atom is 0.252 e. The van der Waals surface area contributed by atoms with E-state index in [0.29, 0.717) is 11.4 Å². The highest BCUT2D eigenvalue weighted by Gasteiger charge is 2.18. The van der Waals surface area contributed by atoms with Gasteiger partial charge in [0.05, 0.1) is 5.56 Å². The summed E-state index contributed by atoms with van der Waals surface area (Å²) in [7, 11) is 0. The van der Waals surface area contributed by atoms with E-state index in [4.69, 9.17) is 0 Å². The Kier molecular flexibility index (Phi) is 5.38. The average Bonchev–Trinajstić information content (AvgIpc) is 3.32. The van der Waals surface area contributed by atoms with Crippen LogP contribution in [0.4, 0.5) is 4.39 Å². The van der Waals surface area contributed by atoms with E-state index in [2.05, 4.69) is 20.4 Å². The van der Waals surface area contributed by atoms with Gasteiger partial charge >= 0.3 is 0 Å². The zero-order valence-electron chi connectivity index (χ0n) is 15.7. The van der Waals surface area contributed by atoms with Gasteiger partial charge in [-0.25, -0.2) is 19.0 Å². The summed E-state index contributed by atoms with van der Waals surface area (Å²) in [6.07, 6.45) is 4.54. The number of nitrogens with zero attached hydrogens (tertiary/aromatic N) is 4. The SMILES string of the molecule is O=C(NCc1cccnc1-n1cncn1)c1ccccc1C(=O)c1ccc(F)cc1. The first-order chi connectivity index (χ1) is 14.6. The Morgan fingerprint density at radius 3 is 2.47 bits per heavy atom. The van der Waals surface area contributed by atoms with Crippen molar-refractivity contribution in [3.05, 3.63) is 108 Å². The maximum atomic E-state index is 13.2. The molecule has 7 nitrogen and oxygen atoms in total. The van der Waals surface area contributed by atoms with Crippen LogP contribution in [0.3, 0.4) is 0 Å². The van der Waals surface area contributed by atoms with Crippen molar-refractivity contribution in [2.75, 3.05) is 0 Å². The number of ketones is 1. The number of carbonyl (C=O) groups is 2. The standard InChI is InChI=1S/C22H16FN5O2/c23-17-9-7-15(8-10-17)20(29)18-5-1-2-6-19(18)22(30)26-12-16-4-3-11-25-21(16)28-14-24-13-27-28/h1-11,13-14H,12H2,(H,26,30). The molecular weight excluding hydrogens is 385 g/mol. The summed E-state index contributed by atoms with van der Waals surface area (Å²) < 4.78 is 14.7. The molecule has 0 unspecified atom stereocenters.